The molecular formula is C17H17N5O4. The molecular weight excluding hydrogens is 338 g/mol. The van der Waals surface area contributed by atoms with E-state index in [0.717, 1.165) is 4.57 Å². The van der Waals surface area contributed by atoms with Gasteiger partial charge in [-0.15, -0.1) is 0 Å². The smallest absolute Gasteiger partial charge is 0.328 e. The van der Waals surface area contributed by atoms with Gasteiger partial charge < -0.3 is 9.88 Å². The maximum Gasteiger partial charge on any atom is 0.328 e. The predicted octanol–water partition coefficient (Wildman–Crippen LogP) is -0.178. The number of aromatic nitrogens is 4. The predicted molar refractivity (Wildman–Crippen MR) is 94.8 cm³/mol. The Balaban J connectivity index is 1.83. The van der Waals surface area contributed by atoms with Gasteiger partial charge in [0.15, 0.2) is 0 Å². The third-order valence-corrected chi connectivity index (χ3v) is 3.94. The summed E-state index contributed by atoms with van der Waals surface area (Å²) in [6.45, 7) is 2.04. The maximum atomic E-state index is 12.5. The first-order chi connectivity index (χ1) is 12.5. The second-order valence-corrected chi connectivity index (χ2v) is 5.68. The number of aromatic amines is 2. The summed E-state index contributed by atoms with van der Waals surface area (Å²) in [7, 11) is 0. The second kappa shape index (κ2) is 7.18. The van der Waals surface area contributed by atoms with E-state index >= 15 is 0 Å². The number of nitrogens with one attached hydrogen (secondary N) is 2. The number of nitrogens with zero attached hydrogens (tertiary/aromatic N) is 3. The van der Waals surface area contributed by atoms with E-state index in [9.17, 15) is 19.2 Å². The summed E-state index contributed by atoms with van der Waals surface area (Å²) in [4.78, 5) is 58.0. The van der Waals surface area contributed by atoms with Crippen LogP contribution in [0.25, 0.3) is 10.9 Å². The van der Waals surface area contributed by atoms with E-state index in [1.807, 2.05) is 0 Å². The molecule has 2 N–H and O–H groups in total. The number of hydrogen-bond donors (Lipinski definition) is 2. The van der Waals surface area contributed by atoms with Gasteiger partial charge in [-0.3, -0.25) is 23.9 Å². The minimum absolute atomic E-state index is 0.105. The Kier molecular flexibility index (Phi) is 4.78. The number of H-pyrrole nitrogens is 2. The molecule has 0 fully saturated rings. The molecule has 26 heavy (non-hydrogen) atoms. The van der Waals surface area contributed by atoms with Crippen molar-refractivity contribution >= 4 is 16.8 Å². The molecule has 0 atom stereocenters. The van der Waals surface area contributed by atoms with E-state index in [-0.39, 0.29) is 24.6 Å². The highest BCUT2D eigenvalue weighted by Gasteiger charge is 2.15. The van der Waals surface area contributed by atoms with Crippen molar-refractivity contribution in [3.8, 4) is 0 Å². The Bertz CT molecular complexity index is 1130. The van der Waals surface area contributed by atoms with E-state index in [1.54, 1.807) is 31.2 Å². The highest BCUT2D eigenvalue weighted by Crippen LogP contribution is 2.07. The zero-order valence-electron chi connectivity index (χ0n) is 14.1. The second-order valence-electron chi connectivity index (χ2n) is 5.68. The summed E-state index contributed by atoms with van der Waals surface area (Å²) in [5.41, 5.74) is -0.902. The first-order valence-electron chi connectivity index (χ1n) is 8.03. The molecule has 0 aliphatic carbocycles. The highest BCUT2D eigenvalue weighted by molar-refractivity contribution is 5.77. The monoisotopic (exact) mass is 355 g/mol. The van der Waals surface area contributed by atoms with Gasteiger partial charge in [0.2, 0.25) is 5.91 Å². The van der Waals surface area contributed by atoms with Crippen LogP contribution in [0.5, 0.6) is 0 Å². The van der Waals surface area contributed by atoms with E-state index in [1.165, 1.54) is 17.2 Å². The van der Waals surface area contributed by atoms with Crippen LogP contribution in [0.4, 0.5) is 0 Å². The van der Waals surface area contributed by atoms with Gasteiger partial charge in [-0.25, -0.2) is 9.78 Å². The lowest BCUT2D eigenvalue weighted by Crippen LogP contribution is -2.38. The van der Waals surface area contributed by atoms with Crippen molar-refractivity contribution in [3.05, 3.63) is 73.5 Å². The summed E-state index contributed by atoms with van der Waals surface area (Å²) < 4.78 is 1.11. The van der Waals surface area contributed by atoms with Crippen LogP contribution in [0.15, 0.2) is 50.9 Å². The van der Waals surface area contributed by atoms with Crippen molar-refractivity contribution in [2.45, 2.75) is 20.0 Å². The third kappa shape index (κ3) is 3.61. The van der Waals surface area contributed by atoms with Gasteiger partial charge in [-0.1, -0.05) is 12.1 Å². The lowest BCUT2D eigenvalue weighted by atomic mass is 10.2. The molecule has 9 nitrogen and oxygen atoms in total. The number of fused-ring (bicyclic) bond motifs is 1. The molecule has 0 bridgehead atoms. The highest BCUT2D eigenvalue weighted by atomic mass is 16.2. The molecule has 0 unspecified atom stereocenters. The molecule has 2 heterocycles. The Morgan fingerprint density at radius 2 is 1.92 bits per heavy atom. The Morgan fingerprint density at radius 1 is 1.15 bits per heavy atom. The fraction of sp³-hybridized carbons (Fsp3) is 0.235. The zero-order valence-corrected chi connectivity index (χ0v) is 14.1. The summed E-state index contributed by atoms with van der Waals surface area (Å²) in [5, 5.41) is 0.477. The van der Waals surface area contributed by atoms with Crippen LogP contribution in [-0.4, -0.2) is 36.9 Å². The van der Waals surface area contributed by atoms with E-state index in [2.05, 4.69) is 15.0 Å². The number of carbonyl (C=O) groups is 1. The largest absolute Gasteiger partial charge is 0.334 e. The van der Waals surface area contributed by atoms with Crippen molar-refractivity contribution in [2.24, 2.45) is 0 Å². The Labute approximate surface area is 146 Å². The number of carbonyl (C=O) groups excluding carboxylic acids is 1. The average molecular weight is 355 g/mol. The fourth-order valence-corrected chi connectivity index (χ4v) is 2.58. The van der Waals surface area contributed by atoms with Crippen molar-refractivity contribution < 1.29 is 4.79 Å². The quantitative estimate of drug-likeness (QED) is 0.658. The lowest BCUT2D eigenvalue weighted by Gasteiger charge is -2.20. The molecule has 134 valence electrons. The van der Waals surface area contributed by atoms with Gasteiger partial charge in [-0.2, -0.15) is 0 Å². The first kappa shape index (κ1) is 17.3. The van der Waals surface area contributed by atoms with E-state index < -0.39 is 11.2 Å². The van der Waals surface area contributed by atoms with Crippen LogP contribution in [0.1, 0.15) is 12.7 Å². The van der Waals surface area contributed by atoms with Crippen LogP contribution < -0.4 is 16.8 Å². The molecule has 0 aliphatic rings. The van der Waals surface area contributed by atoms with Crippen molar-refractivity contribution in [1.29, 1.82) is 0 Å². The summed E-state index contributed by atoms with van der Waals surface area (Å²) in [6.07, 6.45) is 1.27. The summed E-state index contributed by atoms with van der Waals surface area (Å²) in [6, 6.07) is 8.11. The molecule has 3 rings (SSSR count). The molecule has 0 spiro atoms. The SMILES string of the molecule is CCN(Cc1nc2ccccc2c(=O)[nH]1)C(=O)Cn1ccc(=O)[nH]c1=O. The molecule has 0 radical (unpaired) electrons. The van der Waals surface area contributed by atoms with E-state index in [0.29, 0.717) is 23.3 Å². The van der Waals surface area contributed by atoms with Crippen molar-refractivity contribution in [3.63, 3.8) is 0 Å². The van der Waals surface area contributed by atoms with Crippen LogP contribution >= 0.6 is 0 Å². The van der Waals surface area contributed by atoms with Gasteiger partial charge in [-0.05, 0) is 19.1 Å². The molecule has 0 saturated heterocycles. The average Bonchev–Trinajstić information content (AvgIpc) is 2.62. The number of rotatable bonds is 5. The summed E-state index contributed by atoms with van der Waals surface area (Å²) >= 11 is 0. The Morgan fingerprint density at radius 3 is 2.65 bits per heavy atom. The van der Waals surface area contributed by atoms with E-state index in [4.69, 9.17) is 0 Å². The number of likely N-dealkylation sites (N-methyl/N-ethyl adjacent to an activating group) is 1. The number of amides is 1. The van der Waals surface area contributed by atoms with Gasteiger partial charge in [0.05, 0.1) is 17.4 Å². The van der Waals surface area contributed by atoms with Crippen LogP contribution in [0.3, 0.4) is 0 Å². The number of hydrogen-bond acceptors (Lipinski definition) is 5. The first-order valence-corrected chi connectivity index (χ1v) is 8.03. The van der Waals surface area contributed by atoms with Gasteiger partial charge >= 0.3 is 5.69 Å². The molecule has 3 aromatic rings. The van der Waals surface area contributed by atoms with Crippen LogP contribution in [-0.2, 0) is 17.9 Å². The molecule has 9 heteroatoms. The number of benzene rings is 1. The minimum Gasteiger partial charge on any atom is -0.334 e. The zero-order chi connectivity index (χ0) is 18.7. The van der Waals surface area contributed by atoms with Crippen molar-refractivity contribution in [2.75, 3.05) is 6.54 Å². The summed E-state index contributed by atoms with van der Waals surface area (Å²) in [5.74, 6) is 0.0233. The normalized spacial score (nSPS) is 10.8. The van der Waals surface area contributed by atoms with Crippen LogP contribution in [0.2, 0.25) is 0 Å². The van der Waals surface area contributed by atoms with Crippen molar-refractivity contribution in [1.82, 2.24) is 24.4 Å². The lowest BCUT2D eigenvalue weighted by molar-refractivity contribution is -0.132. The van der Waals surface area contributed by atoms with Crippen LogP contribution in [0, 0.1) is 0 Å². The standard InChI is InChI=1S/C17H17N5O4/c1-2-21(15(24)10-22-8-7-14(23)20-17(22)26)9-13-18-12-6-4-3-5-11(12)16(25)19-13/h3-8H,2,9-10H2,1H3,(H,18,19,25)(H,20,23,26). The third-order valence-electron chi connectivity index (χ3n) is 3.94. The van der Waals surface area contributed by atoms with Gasteiger partial charge in [0.1, 0.15) is 12.4 Å². The topological polar surface area (TPSA) is 121 Å². The minimum atomic E-state index is -0.654. The fourth-order valence-electron chi connectivity index (χ4n) is 2.58. The number of para-hydroxylation sites is 1. The molecule has 0 saturated carbocycles. The van der Waals surface area contributed by atoms with Gasteiger partial charge in [0, 0.05) is 18.8 Å². The maximum absolute atomic E-state index is 12.5. The molecule has 1 amide bonds. The molecule has 2 aromatic heterocycles. The Hall–Kier alpha value is -3.49. The molecule has 0 aliphatic heterocycles. The van der Waals surface area contributed by atoms with Gasteiger partial charge in [0.25, 0.3) is 11.1 Å². The molecule has 1 aromatic carbocycles.